The van der Waals surface area contributed by atoms with Crippen molar-refractivity contribution < 1.29 is 0 Å². The molecule has 5 heteroatoms. The molecule has 1 heterocycles. The summed E-state index contributed by atoms with van der Waals surface area (Å²) in [6.45, 7) is 0. The second kappa shape index (κ2) is 6.93. The van der Waals surface area contributed by atoms with Crippen LogP contribution in [0.1, 0.15) is 37.5 Å². The van der Waals surface area contributed by atoms with E-state index in [1.54, 1.807) is 0 Å². The minimum atomic E-state index is 0.564. The lowest BCUT2D eigenvalue weighted by Gasteiger charge is -2.30. The Morgan fingerprint density at radius 3 is 3.05 bits per heavy atom. The summed E-state index contributed by atoms with van der Waals surface area (Å²) in [7, 11) is 0. The topological polar surface area (TPSA) is 17.8 Å². The minimum absolute atomic E-state index is 0.564. The number of nitrogens with zero attached hydrogens (tertiary/aromatic N) is 2. The highest BCUT2D eigenvalue weighted by molar-refractivity contribution is 9.10. The molecule has 1 saturated carbocycles. The van der Waals surface area contributed by atoms with Gasteiger partial charge in [-0.15, -0.1) is 11.6 Å². The van der Waals surface area contributed by atoms with Crippen molar-refractivity contribution in [2.75, 3.05) is 12.1 Å². The number of hydrogen-bond acceptors (Lipinski definition) is 2. The lowest BCUT2D eigenvalue weighted by Crippen LogP contribution is -2.22. The number of imidazole rings is 1. The van der Waals surface area contributed by atoms with E-state index in [4.69, 9.17) is 16.6 Å². The number of aromatic nitrogens is 2. The molecule has 0 aliphatic heterocycles. The van der Waals surface area contributed by atoms with E-state index in [1.807, 2.05) is 11.8 Å². The van der Waals surface area contributed by atoms with E-state index < -0.39 is 0 Å². The zero-order valence-corrected chi connectivity index (χ0v) is 15.3. The summed E-state index contributed by atoms with van der Waals surface area (Å²) in [5.74, 6) is 1.77. The maximum Gasteiger partial charge on any atom is 0.111 e. The van der Waals surface area contributed by atoms with Crippen molar-refractivity contribution in [3.8, 4) is 0 Å². The third-order valence-corrected chi connectivity index (χ3v) is 6.12. The number of aryl methyl sites for hydroxylation is 1. The van der Waals surface area contributed by atoms with Gasteiger partial charge in [0, 0.05) is 28.1 Å². The van der Waals surface area contributed by atoms with Crippen LogP contribution < -0.4 is 0 Å². The third-order valence-electron chi connectivity index (χ3n) is 4.34. The Morgan fingerprint density at radius 1 is 1.43 bits per heavy atom. The van der Waals surface area contributed by atoms with E-state index in [0.29, 0.717) is 11.9 Å². The average Bonchev–Trinajstić information content (AvgIpc) is 2.85. The Bertz CT molecular complexity index is 628. The van der Waals surface area contributed by atoms with E-state index in [0.717, 1.165) is 27.5 Å². The van der Waals surface area contributed by atoms with Gasteiger partial charge in [0.25, 0.3) is 0 Å². The maximum atomic E-state index is 6.00. The molecule has 0 bridgehead atoms. The van der Waals surface area contributed by atoms with Crippen molar-refractivity contribution in [3.05, 3.63) is 28.5 Å². The summed E-state index contributed by atoms with van der Waals surface area (Å²) in [6.07, 6.45) is 8.23. The SMILES string of the molecule is CSC1CCCC(n2c(CCCl)nc3ccc(Br)cc32)C1. The average molecular weight is 388 g/mol. The Morgan fingerprint density at radius 2 is 2.29 bits per heavy atom. The van der Waals surface area contributed by atoms with Gasteiger partial charge in [0.15, 0.2) is 0 Å². The monoisotopic (exact) mass is 386 g/mol. The molecule has 0 radical (unpaired) electrons. The van der Waals surface area contributed by atoms with Gasteiger partial charge in [0.1, 0.15) is 5.82 Å². The van der Waals surface area contributed by atoms with Crippen molar-refractivity contribution >= 4 is 50.3 Å². The van der Waals surface area contributed by atoms with E-state index in [-0.39, 0.29) is 0 Å². The van der Waals surface area contributed by atoms with E-state index in [2.05, 4.69) is 45.0 Å². The Kier molecular flexibility index (Phi) is 5.18. The van der Waals surface area contributed by atoms with Crippen LogP contribution in [0, 0.1) is 0 Å². The molecule has 0 saturated heterocycles. The molecule has 2 aromatic rings. The maximum absolute atomic E-state index is 6.00. The fourth-order valence-electron chi connectivity index (χ4n) is 3.35. The van der Waals surface area contributed by atoms with Crippen LogP contribution in [0.5, 0.6) is 0 Å². The lowest BCUT2D eigenvalue weighted by molar-refractivity contribution is 0.360. The number of rotatable bonds is 4. The zero-order valence-electron chi connectivity index (χ0n) is 12.2. The first-order chi connectivity index (χ1) is 10.2. The molecule has 2 unspecified atom stereocenters. The van der Waals surface area contributed by atoms with Crippen molar-refractivity contribution in [2.45, 2.75) is 43.4 Å². The van der Waals surface area contributed by atoms with Gasteiger partial charge in [0.05, 0.1) is 11.0 Å². The van der Waals surface area contributed by atoms with Crippen molar-refractivity contribution in [1.29, 1.82) is 0 Å². The number of halogens is 2. The fourth-order valence-corrected chi connectivity index (χ4v) is 4.69. The van der Waals surface area contributed by atoms with Crippen molar-refractivity contribution in [2.24, 2.45) is 0 Å². The molecular weight excluding hydrogens is 368 g/mol. The molecule has 1 aromatic heterocycles. The van der Waals surface area contributed by atoms with E-state index in [9.17, 15) is 0 Å². The summed E-state index contributed by atoms with van der Waals surface area (Å²) >= 11 is 11.6. The molecule has 0 amide bonds. The third kappa shape index (κ3) is 3.27. The van der Waals surface area contributed by atoms with Crippen LogP contribution in [-0.2, 0) is 6.42 Å². The number of thioether (sulfide) groups is 1. The first-order valence-corrected chi connectivity index (χ1v) is 10.1. The first kappa shape index (κ1) is 15.7. The summed E-state index contributed by atoms with van der Waals surface area (Å²) in [5, 5.41) is 0.775. The largest absolute Gasteiger partial charge is 0.325 e. The highest BCUT2D eigenvalue weighted by Crippen LogP contribution is 2.37. The molecule has 0 N–H and O–H groups in total. The molecule has 1 aliphatic rings. The molecule has 1 aromatic carbocycles. The number of alkyl halides is 1. The second-order valence-electron chi connectivity index (χ2n) is 5.65. The van der Waals surface area contributed by atoms with Gasteiger partial charge in [-0.1, -0.05) is 22.4 Å². The molecule has 3 rings (SSSR count). The summed E-state index contributed by atoms with van der Waals surface area (Å²) in [6, 6.07) is 6.93. The molecule has 1 fully saturated rings. The van der Waals surface area contributed by atoms with Crippen LogP contribution in [-0.4, -0.2) is 26.9 Å². The van der Waals surface area contributed by atoms with Crippen molar-refractivity contribution in [1.82, 2.24) is 9.55 Å². The molecule has 114 valence electrons. The van der Waals surface area contributed by atoms with Gasteiger partial charge >= 0.3 is 0 Å². The Labute approximate surface area is 143 Å². The molecule has 1 aliphatic carbocycles. The van der Waals surface area contributed by atoms with E-state index >= 15 is 0 Å². The van der Waals surface area contributed by atoms with Crippen LogP contribution >= 0.6 is 39.3 Å². The fraction of sp³-hybridized carbons (Fsp3) is 0.562. The summed E-state index contributed by atoms with van der Waals surface area (Å²) in [4.78, 5) is 4.82. The summed E-state index contributed by atoms with van der Waals surface area (Å²) < 4.78 is 3.58. The standard InChI is InChI=1S/C16H20BrClN2S/c1-21-13-4-2-3-12(10-13)20-15-9-11(17)5-6-14(15)19-16(20)7-8-18/h5-6,9,12-13H,2-4,7-8,10H2,1H3. The summed E-state index contributed by atoms with van der Waals surface area (Å²) in [5.41, 5.74) is 2.33. The molecule has 0 spiro atoms. The van der Waals surface area contributed by atoms with Crippen LogP contribution in [0.4, 0.5) is 0 Å². The highest BCUT2D eigenvalue weighted by atomic mass is 79.9. The normalized spacial score (nSPS) is 22.8. The van der Waals surface area contributed by atoms with Crippen molar-refractivity contribution in [3.63, 3.8) is 0 Å². The van der Waals surface area contributed by atoms with Gasteiger partial charge in [-0.25, -0.2) is 4.98 Å². The highest BCUT2D eigenvalue weighted by Gasteiger charge is 2.26. The quantitative estimate of drug-likeness (QED) is 0.651. The minimum Gasteiger partial charge on any atom is -0.325 e. The zero-order chi connectivity index (χ0) is 14.8. The van der Waals surface area contributed by atoms with Gasteiger partial charge in [-0.2, -0.15) is 11.8 Å². The van der Waals surface area contributed by atoms with Crippen LogP contribution in [0.2, 0.25) is 0 Å². The van der Waals surface area contributed by atoms with Gasteiger partial charge in [-0.3, -0.25) is 0 Å². The molecule has 2 nitrogen and oxygen atoms in total. The predicted octanol–water partition coefficient (Wildman–Crippen LogP) is 5.43. The molecular formula is C16H20BrClN2S. The predicted molar refractivity (Wildman–Crippen MR) is 96.7 cm³/mol. The number of benzene rings is 1. The van der Waals surface area contributed by atoms with Gasteiger partial charge < -0.3 is 4.57 Å². The molecule has 21 heavy (non-hydrogen) atoms. The second-order valence-corrected chi connectivity index (χ2v) is 8.08. The van der Waals surface area contributed by atoms with E-state index in [1.165, 1.54) is 31.2 Å². The first-order valence-electron chi connectivity index (χ1n) is 7.48. The lowest BCUT2D eigenvalue weighted by atomic mass is 9.94. The van der Waals surface area contributed by atoms with Crippen LogP contribution in [0.15, 0.2) is 22.7 Å². The van der Waals surface area contributed by atoms with Crippen LogP contribution in [0.3, 0.4) is 0 Å². The molecule has 2 atom stereocenters. The number of hydrogen-bond donors (Lipinski definition) is 0. The smallest absolute Gasteiger partial charge is 0.111 e. The number of fused-ring (bicyclic) bond motifs is 1. The Balaban J connectivity index is 2.05. The van der Waals surface area contributed by atoms with Crippen LogP contribution in [0.25, 0.3) is 11.0 Å². The van der Waals surface area contributed by atoms with Gasteiger partial charge in [-0.05, 0) is 43.7 Å². The van der Waals surface area contributed by atoms with Gasteiger partial charge in [0.2, 0.25) is 0 Å². The Hall–Kier alpha value is -0.190.